The van der Waals surface area contributed by atoms with Gasteiger partial charge in [0.25, 0.3) is 0 Å². The van der Waals surface area contributed by atoms with Crippen LogP contribution >= 0.6 is 0 Å². The van der Waals surface area contributed by atoms with E-state index in [-0.39, 0.29) is 9.79 Å². The molecule has 0 unspecified atom stereocenters. The fraction of sp³-hybridized carbons (Fsp3) is 0.0500. The van der Waals surface area contributed by atoms with Crippen molar-refractivity contribution in [2.45, 2.75) is 16.7 Å². The maximum Gasteiger partial charge on any atom is 0.241 e. The summed E-state index contributed by atoms with van der Waals surface area (Å²) in [5, 5.41) is 0. The van der Waals surface area contributed by atoms with E-state index in [0.717, 1.165) is 0 Å². The van der Waals surface area contributed by atoms with Gasteiger partial charge in [-0.2, -0.15) is 0 Å². The van der Waals surface area contributed by atoms with Crippen molar-refractivity contribution in [2.75, 3.05) is 0 Å². The van der Waals surface area contributed by atoms with Crippen LogP contribution in [0.4, 0.5) is 0 Å². The molecule has 1 aromatic carbocycles. The van der Waals surface area contributed by atoms with Crippen molar-refractivity contribution in [3.05, 3.63) is 78.4 Å². The Morgan fingerprint density at radius 2 is 1.74 bits per heavy atom. The number of hydrogen-bond acceptors (Lipinski definition) is 5. The van der Waals surface area contributed by atoms with Gasteiger partial charge in [-0.05, 0) is 42.8 Å². The smallest absolute Gasteiger partial charge is 0.241 e. The molecule has 2 heterocycles. The van der Waals surface area contributed by atoms with Crippen molar-refractivity contribution < 1.29 is 13.2 Å². The molecule has 136 valence electrons. The van der Waals surface area contributed by atoms with Crippen molar-refractivity contribution in [2.24, 2.45) is 5.73 Å². The zero-order chi connectivity index (χ0) is 19.4. The molecule has 3 rings (SSSR count). The first-order valence-electron chi connectivity index (χ1n) is 8.09. The average Bonchev–Trinajstić information content (AvgIpc) is 2.67. The molecule has 27 heavy (non-hydrogen) atoms. The molecule has 0 saturated carbocycles. The summed E-state index contributed by atoms with van der Waals surface area (Å²) in [5.41, 5.74) is 7.32. The number of benzene rings is 1. The van der Waals surface area contributed by atoms with Gasteiger partial charge < -0.3 is 5.73 Å². The number of hydrogen-bond donors (Lipinski definition) is 1. The number of sulfone groups is 1. The number of pyridine rings is 2. The molecular weight excluding hydrogens is 362 g/mol. The second-order valence-electron chi connectivity index (χ2n) is 5.79. The minimum atomic E-state index is -3.80. The second-order valence-corrected chi connectivity index (χ2v) is 7.67. The molecule has 0 atom stereocenters. The summed E-state index contributed by atoms with van der Waals surface area (Å²) in [6.45, 7) is 1.66. The third-order valence-corrected chi connectivity index (χ3v) is 5.94. The molecule has 7 heteroatoms. The number of carbonyl (C=O) groups is 1. The molecule has 0 radical (unpaired) electrons. The predicted octanol–water partition coefficient (Wildman–Crippen LogP) is 2.78. The van der Waals surface area contributed by atoms with E-state index in [4.69, 9.17) is 5.73 Å². The Bertz CT molecular complexity index is 1140. The number of primary amides is 1. The first-order chi connectivity index (χ1) is 12.9. The molecule has 0 fully saturated rings. The van der Waals surface area contributed by atoms with Crippen LogP contribution < -0.4 is 5.73 Å². The van der Waals surface area contributed by atoms with Gasteiger partial charge in [0.2, 0.25) is 15.7 Å². The number of rotatable bonds is 5. The van der Waals surface area contributed by atoms with E-state index in [1.165, 1.54) is 18.2 Å². The molecule has 1 amide bonds. The largest absolute Gasteiger partial charge is 0.366 e. The van der Waals surface area contributed by atoms with Crippen molar-refractivity contribution in [1.29, 1.82) is 0 Å². The van der Waals surface area contributed by atoms with Crippen LogP contribution in [0.3, 0.4) is 0 Å². The van der Waals surface area contributed by atoms with Crippen LogP contribution in [-0.4, -0.2) is 24.3 Å². The number of aryl methyl sites for hydroxylation is 1. The van der Waals surface area contributed by atoms with Gasteiger partial charge in [0.1, 0.15) is 0 Å². The molecule has 0 aliphatic rings. The van der Waals surface area contributed by atoms with E-state index >= 15 is 0 Å². The van der Waals surface area contributed by atoms with Crippen LogP contribution in [0.1, 0.15) is 11.3 Å². The van der Waals surface area contributed by atoms with Gasteiger partial charge in [0.15, 0.2) is 0 Å². The lowest BCUT2D eigenvalue weighted by Crippen LogP contribution is -2.07. The fourth-order valence-corrected chi connectivity index (χ4v) is 4.41. The third kappa shape index (κ3) is 3.78. The molecule has 2 aromatic heterocycles. The Morgan fingerprint density at radius 3 is 2.48 bits per heavy atom. The van der Waals surface area contributed by atoms with E-state index < -0.39 is 15.7 Å². The zero-order valence-corrected chi connectivity index (χ0v) is 15.3. The lowest BCUT2D eigenvalue weighted by molar-refractivity contribution is -0.113. The van der Waals surface area contributed by atoms with Crippen LogP contribution in [0.5, 0.6) is 0 Å². The van der Waals surface area contributed by atoms with Gasteiger partial charge >= 0.3 is 0 Å². The molecule has 0 spiro atoms. The Hall–Kier alpha value is -3.32. The Morgan fingerprint density at radius 1 is 1.00 bits per heavy atom. The van der Waals surface area contributed by atoms with Gasteiger partial charge in [-0.3, -0.25) is 14.8 Å². The highest BCUT2D eigenvalue weighted by Gasteiger charge is 2.24. The predicted molar refractivity (Wildman–Crippen MR) is 102 cm³/mol. The summed E-state index contributed by atoms with van der Waals surface area (Å²) in [6.07, 6.45) is 7.39. The van der Waals surface area contributed by atoms with E-state index in [0.29, 0.717) is 22.4 Å². The van der Waals surface area contributed by atoms with Crippen molar-refractivity contribution >= 4 is 21.8 Å². The van der Waals surface area contributed by atoms with Crippen molar-refractivity contribution in [3.63, 3.8) is 0 Å². The monoisotopic (exact) mass is 379 g/mol. The number of carbonyl (C=O) groups excluding carboxylic acids is 1. The maximum absolute atomic E-state index is 13.3. The van der Waals surface area contributed by atoms with Crippen LogP contribution in [0.15, 0.2) is 76.9 Å². The summed E-state index contributed by atoms with van der Waals surface area (Å²) in [5.74, 6) is -0.600. The topological polar surface area (TPSA) is 103 Å². The highest BCUT2D eigenvalue weighted by molar-refractivity contribution is 7.91. The first-order valence-corrected chi connectivity index (χ1v) is 9.57. The van der Waals surface area contributed by atoms with Crippen LogP contribution in [-0.2, 0) is 14.6 Å². The highest BCUT2D eigenvalue weighted by atomic mass is 32.2. The molecule has 0 aliphatic carbocycles. The van der Waals surface area contributed by atoms with Gasteiger partial charge in [0, 0.05) is 35.8 Å². The lowest BCUT2D eigenvalue weighted by atomic mass is 10.0. The quantitative estimate of drug-likeness (QED) is 0.687. The van der Waals surface area contributed by atoms with E-state index in [9.17, 15) is 13.2 Å². The Kier molecular flexibility index (Phi) is 5.14. The normalized spacial score (nSPS) is 11.6. The molecular formula is C20H17N3O3S. The molecule has 0 aliphatic heterocycles. The molecule has 3 aromatic rings. The number of nitrogens with zero attached hydrogens (tertiary/aromatic N) is 2. The molecule has 2 N–H and O–H groups in total. The number of nitrogens with two attached hydrogens (primary N) is 1. The zero-order valence-electron chi connectivity index (χ0n) is 14.5. The highest BCUT2D eigenvalue weighted by Crippen LogP contribution is 2.34. The van der Waals surface area contributed by atoms with E-state index in [1.807, 2.05) is 0 Å². The third-order valence-electron chi connectivity index (χ3n) is 3.99. The Labute approximate surface area is 157 Å². The van der Waals surface area contributed by atoms with E-state index in [2.05, 4.69) is 9.97 Å². The van der Waals surface area contributed by atoms with E-state index in [1.54, 1.807) is 61.9 Å². The number of aromatic nitrogens is 2. The van der Waals surface area contributed by atoms with Crippen molar-refractivity contribution in [3.8, 4) is 11.1 Å². The molecule has 0 bridgehead atoms. The summed E-state index contributed by atoms with van der Waals surface area (Å²) in [7, 11) is -3.80. The number of amides is 1. The fourth-order valence-electron chi connectivity index (χ4n) is 2.75. The van der Waals surface area contributed by atoms with Gasteiger partial charge in [-0.1, -0.05) is 18.2 Å². The standard InChI is InChI=1S/C20H17N3O3S/c1-14-18(7-4-11-23-14)27(25,26)19-6-3-2-5-17(19)16-10-12-22-13-15(16)8-9-20(21)24/h2-13H,1H3,(H2,21,24)/b9-8-. The SMILES string of the molecule is Cc1ncccc1S(=O)(=O)c1ccccc1-c1ccncc1/C=C\C(N)=O. The molecule has 6 nitrogen and oxygen atoms in total. The molecule has 0 saturated heterocycles. The average molecular weight is 379 g/mol. The van der Waals surface area contributed by atoms with Gasteiger partial charge in [-0.25, -0.2) is 8.42 Å². The second kappa shape index (κ2) is 7.51. The van der Waals surface area contributed by atoms with Gasteiger partial charge in [-0.15, -0.1) is 0 Å². The first kappa shape index (κ1) is 18.5. The summed E-state index contributed by atoms with van der Waals surface area (Å²) in [4.78, 5) is 19.5. The summed E-state index contributed by atoms with van der Waals surface area (Å²) in [6, 6.07) is 11.5. The maximum atomic E-state index is 13.3. The minimum Gasteiger partial charge on any atom is -0.366 e. The summed E-state index contributed by atoms with van der Waals surface area (Å²) >= 11 is 0. The summed E-state index contributed by atoms with van der Waals surface area (Å²) < 4.78 is 26.6. The Balaban J connectivity index is 2.23. The van der Waals surface area contributed by atoms with Crippen LogP contribution in [0.25, 0.3) is 17.2 Å². The lowest BCUT2D eigenvalue weighted by Gasteiger charge is -2.13. The van der Waals surface area contributed by atoms with Crippen molar-refractivity contribution in [1.82, 2.24) is 9.97 Å². The van der Waals surface area contributed by atoms with Gasteiger partial charge in [0.05, 0.1) is 15.5 Å². The minimum absolute atomic E-state index is 0.153. The van der Waals surface area contributed by atoms with Crippen LogP contribution in [0, 0.1) is 6.92 Å². The van der Waals surface area contributed by atoms with Crippen LogP contribution in [0.2, 0.25) is 0 Å².